The van der Waals surface area contributed by atoms with Crippen molar-refractivity contribution < 1.29 is 14.2 Å². The fraction of sp³-hybridized carbons (Fsp3) is 0.743. The SMILES string of the molecule is CC(Cc1ccc(C(C)(C)C)cc1)CN1CCCCC1.CC(Cc1ccc(C(C)(C)C)cc1)CN1C[C@@H](C)O[C@@H](C)C1.CCC(C)(C)c1ccc(CC(C)CN2C[C@@H](C)O[C@@H](C)C2)cc1.CCCCN1CC(C)OC(C)C1. The van der Waals surface area contributed by atoms with Crippen LogP contribution in [0.3, 0.4) is 0 Å². The first-order valence-corrected chi connectivity index (χ1v) is 31.3. The van der Waals surface area contributed by atoms with Gasteiger partial charge in [-0.25, -0.2) is 0 Å². The van der Waals surface area contributed by atoms with E-state index in [1.807, 2.05) is 0 Å². The number of benzene rings is 3. The second-order valence-corrected chi connectivity index (χ2v) is 27.9. The van der Waals surface area contributed by atoms with Crippen molar-refractivity contribution in [1.29, 1.82) is 0 Å². The van der Waals surface area contributed by atoms with Gasteiger partial charge in [0.2, 0.25) is 0 Å². The minimum Gasteiger partial charge on any atom is -0.373 e. The van der Waals surface area contributed by atoms with E-state index in [0.717, 1.165) is 58.0 Å². The van der Waals surface area contributed by atoms with Gasteiger partial charge < -0.3 is 19.1 Å². The molecule has 9 atom stereocenters. The molecule has 7 rings (SSSR count). The smallest absolute Gasteiger partial charge is 0.0678 e. The maximum Gasteiger partial charge on any atom is 0.0678 e. The molecular formula is C70H120N4O3. The molecular weight excluding hydrogens is 945 g/mol. The van der Waals surface area contributed by atoms with E-state index in [0.29, 0.717) is 48.5 Å². The van der Waals surface area contributed by atoms with Crippen LogP contribution in [0.4, 0.5) is 0 Å². The fourth-order valence-electron chi connectivity index (χ4n) is 12.2. The van der Waals surface area contributed by atoms with Crippen molar-refractivity contribution in [3.63, 3.8) is 0 Å². The van der Waals surface area contributed by atoms with Crippen LogP contribution >= 0.6 is 0 Å². The van der Waals surface area contributed by atoms with Crippen LogP contribution in [0.25, 0.3) is 0 Å². The van der Waals surface area contributed by atoms with Crippen LogP contribution in [0.15, 0.2) is 72.8 Å². The quantitative estimate of drug-likeness (QED) is 0.133. The Morgan fingerprint density at radius 2 is 0.714 bits per heavy atom. The summed E-state index contributed by atoms with van der Waals surface area (Å²) in [6.07, 6.45) is 13.8. The lowest BCUT2D eigenvalue weighted by Crippen LogP contribution is -2.47. The highest BCUT2D eigenvalue weighted by molar-refractivity contribution is 5.30. The summed E-state index contributed by atoms with van der Waals surface area (Å²) in [6.45, 7) is 56.9. The lowest BCUT2D eigenvalue weighted by Gasteiger charge is -2.36. The molecule has 4 fully saturated rings. The Kier molecular flexibility index (Phi) is 28.4. The number of morpholine rings is 3. The molecule has 0 N–H and O–H groups in total. The first-order valence-electron chi connectivity index (χ1n) is 31.3. The van der Waals surface area contributed by atoms with Gasteiger partial charge in [-0.2, -0.15) is 0 Å². The standard InChI is InChI=1S/C21H35NO.C20H33NO.C19H31N.C10H21NO/c1-7-21(5,6)20-10-8-19(9-11-20)12-16(2)13-22-14-17(3)23-18(4)15-22;1-15(12-21-13-16(2)22-17(3)14-21)11-18-7-9-19(10-8-18)20(4,5)6;1-16(15-20-12-6-5-7-13-20)14-17-8-10-18(11-9-17)19(2,3)4;1-4-5-6-11-7-9(2)12-10(3)8-11/h8-11,16-18H,7,12-15H2,1-6H3;7-10,15-17H,11-14H2,1-6H3;8-11,16H,5-7,12-15H2,1-4H3;9-10H,4-8H2,1-3H3/t16?,17-,18+;15?,16-,17+;;. The molecule has 7 heteroatoms. The number of hydrogen-bond acceptors (Lipinski definition) is 7. The van der Waals surface area contributed by atoms with Gasteiger partial charge >= 0.3 is 0 Å². The molecule has 0 spiro atoms. The van der Waals surface area contributed by atoms with E-state index in [1.54, 1.807) is 0 Å². The lowest BCUT2D eigenvalue weighted by atomic mass is 9.82. The molecule has 438 valence electrons. The number of piperidine rings is 1. The Morgan fingerprint density at radius 1 is 0.416 bits per heavy atom. The van der Waals surface area contributed by atoms with Gasteiger partial charge in [0, 0.05) is 58.9 Å². The van der Waals surface area contributed by atoms with E-state index < -0.39 is 0 Å². The normalized spacial score (nSPS) is 24.5. The van der Waals surface area contributed by atoms with Gasteiger partial charge in [0.25, 0.3) is 0 Å². The summed E-state index contributed by atoms with van der Waals surface area (Å²) in [5.41, 5.74) is 9.49. The Bertz CT molecular complexity index is 1990. The number of likely N-dealkylation sites (tertiary alicyclic amines) is 1. The molecule has 4 aliphatic heterocycles. The van der Waals surface area contributed by atoms with E-state index in [9.17, 15) is 0 Å². The highest BCUT2D eigenvalue weighted by atomic mass is 16.5. The van der Waals surface area contributed by atoms with Crippen LogP contribution in [0, 0.1) is 17.8 Å². The fourth-order valence-corrected chi connectivity index (χ4v) is 12.2. The summed E-state index contributed by atoms with van der Waals surface area (Å²) in [7, 11) is 0. The predicted octanol–water partition coefficient (Wildman–Crippen LogP) is 15.5. The summed E-state index contributed by atoms with van der Waals surface area (Å²) < 4.78 is 17.3. The van der Waals surface area contributed by atoms with Crippen LogP contribution in [-0.2, 0) is 49.7 Å². The molecule has 0 aliphatic carbocycles. The number of nitrogens with zero attached hydrogens (tertiary/aromatic N) is 4. The maximum absolute atomic E-state index is 5.83. The highest BCUT2D eigenvalue weighted by Gasteiger charge is 2.26. The predicted molar refractivity (Wildman–Crippen MR) is 333 cm³/mol. The van der Waals surface area contributed by atoms with Gasteiger partial charge in [0.05, 0.1) is 36.6 Å². The van der Waals surface area contributed by atoms with Gasteiger partial charge in [-0.15, -0.1) is 0 Å². The average Bonchev–Trinajstić information content (AvgIpc) is 3.33. The molecule has 4 saturated heterocycles. The van der Waals surface area contributed by atoms with Crippen molar-refractivity contribution in [2.24, 2.45) is 17.8 Å². The number of unbranched alkanes of at least 4 members (excludes halogenated alkanes) is 1. The second kappa shape index (κ2) is 32.7. The van der Waals surface area contributed by atoms with Crippen molar-refractivity contribution in [3.8, 4) is 0 Å². The molecule has 0 amide bonds. The van der Waals surface area contributed by atoms with Gasteiger partial charge in [0.1, 0.15) is 0 Å². The van der Waals surface area contributed by atoms with Crippen LogP contribution in [0.2, 0.25) is 0 Å². The third kappa shape index (κ3) is 25.8. The minimum absolute atomic E-state index is 0.240. The zero-order valence-corrected chi connectivity index (χ0v) is 53.5. The van der Waals surface area contributed by atoms with Gasteiger partial charge in [-0.05, 0) is 174 Å². The molecule has 3 aromatic rings. The Labute approximate surface area is 476 Å². The monoisotopic (exact) mass is 1060 g/mol. The highest BCUT2D eigenvalue weighted by Crippen LogP contribution is 2.28. The van der Waals surface area contributed by atoms with Gasteiger partial charge in [0.15, 0.2) is 0 Å². The summed E-state index contributed by atoms with van der Waals surface area (Å²) in [5.74, 6) is 2.11. The molecule has 4 heterocycles. The summed E-state index contributed by atoms with van der Waals surface area (Å²) >= 11 is 0. The average molecular weight is 1070 g/mol. The largest absolute Gasteiger partial charge is 0.373 e. The third-order valence-corrected chi connectivity index (χ3v) is 16.5. The van der Waals surface area contributed by atoms with Gasteiger partial charge in [-0.1, -0.05) is 176 Å². The van der Waals surface area contributed by atoms with E-state index in [4.69, 9.17) is 14.2 Å². The molecule has 5 unspecified atom stereocenters. The van der Waals surface area contributed by atoms with Crippen molar-refractivity contribution in [2.75, 3.05) is 78.5 Å². The molecule has 4 aliphatic rings. The maximum atomic E-state index is 5.83. The molecule has 7 nitrogen and oxygen atoms in total. The topological polar surface area (TPSA) is 40.7 Å². The first-order chi connectivity index (χ1) is 36.2. The molecule has 77 heavy (non-hydrogen) atoms. The number of hydrogen-bond donors (Lipinski definition) is 0. The van der Waals surface area contributed by atoms with Crippen LogP contribution < -0.4 is 0 Å². The Morgan fingerprint density at radius 3 is 1.01 bits per heavy atom. The Hall–Kier alpha value is -2.62. The molecule has 0 aromatic heterocycles. The molecule has 0 saturated carbocycles. The van der Waals surface area contributed by atoms with E-state index in [-0.39, 0.29) is 16.2 Å². The second-order valence-electron chi connectivity index (χ2n) is 27.9. The zero-order valence-electron chi connectivity index (χ0n) is 53.5. The first kappa shape index (κ1) is 66.9. The molecule has 0 bridgehead atoms. The van der Waals surface area contributed by atoms with Crippen LogP contribution in [0.5, 0.6) is 0 Å². The van der Waals surface area contributed by atoms with Crippen LogP contribution in [0.1, 0.15) is 203 Å². The Balaban J connectivity index is 0.000000227. The number of ether oxygens (including phenoxy) is 3. The summed E-state index contributed by atoms with van der Waals surface area (Å²) in [6, 6.07) is 27.8. The molecule has 3 aromatic carbocycles. The van der Waals surface area contributed by atoms with E-state index >= 15 is 0 Å². The third-order valence-electron chi connectivity index (χ3n) is 16.5. The van der Waals surface area contributed by atoms with Crippen molar-refractivity contribution >= 4 is 0 Å². The summed E-state index contributed by atoms with van der Waals surface area (Å²) in [5, 5.41) is 0. The lowest BCUT2D eigenvalue weighted by molar-refractivity contribution is -0.0711. The molecule has 0 radical (unpaired) electrons. The van der Waals surface area contributed by atoms with E-state index in [1.165, 1.54) is 118 Å². The van der Waals surface area contributed by atoms with Crippen molar-refractivity contribution in [3.05, 3.63) is 106 Å². The van der Waals surface area contributed by atoms with Gasteiger partial charge in [-0.3, -0.25) is 14.7 Å². The summed E-state index contributed by atoms with van der Waals surface area (Å²) in [4.78, 5) is 10.3. The van der Waals surface area contributed by atoms with Crippen molar-refractivity contribution in [1.82, 2.24) is 19.6 Å². The van der Waals surface area contributed by atoms with E-state index in [2.05, 4.69) is 224 Å². The van der Waals surface area contributed by atoms with Crippen LogP contribution in [-0.4, -0.2) is 135 Å². The van der Waals surface area contributed by atoms with Crippen molar-refractivity contribution in [2.45, 2.75) is 242 Å². The number of rotatable bonds is 17. The minimum atomic E-state index is 0.240. The zero-order chi connectivity index (χ0) is 56.9.